The number of rotatable bonds is 4. The average molecular weight is 226 g/mol. The van der Waals surface area contributed by atoms with E-state index in [1.54, 1.807) is 18.3 Å². The summed E-state index contributed by atoms with van der Waals surface area (Å²) < 4.78 is 0.422. The summed E-state index contributed by atoms with van der Waals surface area (Å²) in [5, 5.41) is 11.4. The fraction of sp³-hybridized carbons (Fsp3) is 0.400. The van der Waals surface area contributed by atoms with Gasteiger partial charge in [0.25, 0.3) is 5.91 Å². The second-order valence-corrected chi connectivity index (χ2v) is 3.71. The molecule has 1 amide bonds. The van der Waals surface area contributed by atoms with Crippen molar-refractivity contribution in [3.05, 3.63) is 28.5 Å². The van der Waals surface area contributed by atoms with Gasteiger partial charge in [-0.05, 0) is 25.5 Å². The number of aliphatic hydroxyl groups excluding tert-OH is 1. The number of amides is 1. The summed E-state index contributed by atoms with van der Waals surface area (Å²) in [5.41, 5.74) is 0.456. The van der Waals surface area contributed by atoms with Crippen molar-refractivity contribution in [2.75, 3.05) is 6.61 Å². The first-order chi connectivity index (χ1) is 7.15. The van der Waals surface area contributed by atoms with Gasteiger partial charge in [-0.25, -0.2) is 0 Å². The largest absolute Gasteiger partial charge is 0.396 e. The number of aromatic amines is 1. The summed E-state index contributed by atoms with van der Waals surface area (Å²) >= 11 is 4.98. The Hall–Kier alpha value is -1.20. The van der Waals surface area contributed by atoms with E-state index >= 15 is 0 Å². The molecule has 0 fully saturated rings. The number of H-pyrrole nitrogens is 1. The number of carbonyl (C=O) groups is 1. The second kappa shape index (κ2) is 5.63. The predicted molar refractivity (Wildman–Crippen MR) is 60.3 cm³/mol. The van der Waals surface area contributed by atoms with Gasteiger partial charge in [0.05, 0.1) is 5.56 Å². The molecule has 1 atom stereocenters. The van der Waals surface area contributed by atoms with E-state index in [1.807, 2.05) is 6.92 Å². The molecule has 0 saturated carbocycles. The van der Waals surface area contributed by atoms with Crippen molar-refractivity contribution in [2.24, 2.45) is 0 Å². The Morgan fingerprint density at radius 2 is 2.47 bits per heavy atom. The molecule has 1 rings (SSSR count). The van der Waals surface area contributed by atoms with Crippen LogP contribution in [-0.4, -0.2) is 28.6 Å². The molecule has 1 aromatic heterocycles. The fourth-order valence-corrected chi connectivity index (χ4v) is 1.40. The zero-order valence-corrected chi connectivity index (χ0v) is 9.30. The Kier molecular flexibility index (Phi) is 4.45. The molecule has 0 spiro atoms. The highest BCUT2D eigenvalue weighted by atomic mass is 32.1. The standard InChI is InChI=1S/C10H14N2O2S/c1-7(4-6-13)12-9(14)8-3-2-5-11-10(8)15/h2-3,5,7,13H,4,6H2,1H3,(H,11,15)(H,12,14)/t7-/m1/s1. The Labute approximate surface area is 93.3 Å². The van der Waals surface area contributed by atoms with Crippen LogP contribution in [-0.2, 0) is 0 Å². The van der Waals surface area contributed by atoms with Crippen LogP contribution in [0.3, 0.4) is 0 Å². The summed E-state index contributed by atoms with van der Waals surface area (Å²) in [4.78, 5) is 14.5. The van der Waals surface area contributed by atoms with E-state index in [2.05, 4.69) is 10.3 Å². The highest BCUT2D eigenvalue weighted by Gasteiger charge is 2.10. The molecule has 3 N–H and O–H groups in total. The molecule has 0 aliphatic rings. The monoisotopic (exact) mass is 226 g/mol. The zero-order valence-electron chi connectivity index (χ0n) is 8.49. The quantitative estimate of drug-likeness (QED) is 0.677. The molecule has 15 heavy (non-hydrogen) atoms. The first-order valence-corrected chi connectivity index (χ1v) is 5.15. The molecule has 0 aliphatic carbocycles. The van der Waals surface area contributed by atoms with Crippen LogP contribution in [0, 0.1) is 4.64 Å². The van der Waals surface area contributed by atoms with Crippen LogP contribution in [0.15, 0.2) is 18.3 Å². The average Bonchev–Trinajstić information content (AvgIpc) is 2.18. The van der Waals surface area contributed by atoms with E-state index in [-0.39, 0.29) is 18.6 Å². The molecular weight excluding hydrogens is 212 g/mol. The van der Waals surface area contributed by atoms with Crippen LogP contribution >= 0.6 is 12.2 Å². The van der Waals surface area contributed by atoms with Crippen LogP contribution in [0.2, 0.25) is 0 Å². The van der Waals surface area contributed by atoms with Crippen LogP contribution in [0.5, 0.6) is 0 Å². The highest BCUT2D eigenvalue weighted by molar-refractivity contribution is 7.71. The van der Waals surface area contributed by atoms with Crippen LogP contribution < -0.4 is 5.32 Å². The molecule has 82 valence electrons. The van der Waals surface area contributed by atoms with Gasteiger partial charge in [-0.1, -0.05) is 12.2 Å². The van der Waals surface area contributed by atoms with Gasteiger partial charge in [-0.2, -0.15) is 0 Å². The van der Waals surface area contributed by atoms with Crippen molar-refractivity contribution in [1.82, 2.24) is 10.3 Å². The fourth-order valence-electron chi connectivity index (χ4n) is 1.17. The predicted octanol–water partition coefficient (Wildman–Crippen LogP) is 1.24. The van der Waals surface area contributed by atoms with Crippen molar-refractivity contribution >= 4 is 18.1 Å². The van der Waals surface area contributed by atoms with Crippen LogP contribution in [0.4, 0.5) is 0 Å². The summed E-state index contributed by atoms with van der Waals surface area (Å²) in [6, 6.07) is 3.33. The summed E-state index contributed by atoms with van der Waals surface area (Å²) in [6.07, 6.45) is 2.21. The Morgan fingerprint density at radius 3 is 3.07 bits per heavy atom. The SMILES string of the molecule is C[C@H](CCO)NC(=O)c1ccc[nH]c1=S. The Bertz CT molecular complexity index is 389. The lowest BCUT2D eigenvalue weighted by molar-refractivity contribution is 0.0933. The number of nitrogens with one attached hydrogen (secondary N) is 2. The number of aliphatic hydroxyl groups is 1. The Morgan fingerprint density at radius 1 is 1.73 bits per heavy atom. The third-order valence-electron chi connectivity index (χ3n) is 2.00. The van der Waals surface area contributed by atoms with Gasteiger partial charge < -0.3 is 15.4 Å². The van der Waals surface area contributed by atoms with Crippen molar-refractivity contribution in [3.8, 4) is 0 Å². The van der Waals surface area contributed by atoms with E-state index in [0.717, 1.165) is 0 Å². The maximum absolute atomic E-state index is 11.7. The minimum Gasteiger partial charge on any atom is -0.396 e. The van der Waals surface area contributed by atoms with Crippen molar-refractivity contribution < 1.29 is 9.90 Å². The van der Waals surface area contributed by atoms with E-state index in [4.69, 9.17) is 17.3 Å². The van der Waals surface area contributed by atoms with Gasteiger partial charge in [-0.15, -0.1) is 0 Å². The molecule has 4 nitrogen and oxygen atoms in total. The van der Waals surface area contributed by atoms with E-state index in [0.29, 0.717) is 16.6 Å². The number of pyridine rings is 1. The maximum Gasteiger partial charge on any atom is 0.254 e. The molecule has 0 aromatic carbocycles. The van der Waals surface area contributed by atoms with Crippen molar-refractivity contribution in [3.63, 3.8) is 0 Å². The first kappa shape index (κ1) is 11.9. The number of hydrogen-bond acceptors (Lipinski definition) is 3. The normalized spacial score (nSPS) is 12.1. The van der Waals surface area contributed by atoms with Gasteiger partial charge in [-0.3, -0.25) is 4.79 Å². The minimum absolute atomic E-state index is 0.0582. The molecule has 5 heteroatoms. The topological polar surface area (TPSA) is 65.1 Å². The lowest BCUT2D eigenvalue weighted by Crippen LogP contribution is -2.33. The second-order valence-electron chi connectivity index (χ2n) is 3.30. The third-order valence-corrected chi connectivity index (χ3v) is 2.34. The third kappa shape index (κ3) is 3.45. The van der Waals surface area contributed by atoms with Gasteiger partial charge in [0.15, 0.2) is 0 Å². The minimum atomic E-state index is -0.210. The molecule has 1 aromatic rings. The summed E-state index contributed by atoms with van der Waals surface area (Å²) in [6.45, 7) is 1.90. The molecule has 0 unspecified atom stereocenters. The van der Waals surface area contributed by atoms with E-state index < -0.39 is 0 Å². The highest BCUT2D eigenvalue weighted by Crippen LogP contribution is 2.00. The molecule has 0 bridgehead atoms. The van der Waals surface area contributed by atoms with Crippen molar-refractivity contribution in [2.45, 2.75) is 19.4 Å². The van der Waals surface area contributed by atoms with Crippen LogP contribution in [0.1, 0.15) is 23.7 Å². The lowest BCUT2D eigenvalue weighted by Gasteiger charge is -2.12. The molecule has 0 radical (unpaired) electrons. The van der Waals surface area contributed by atoms with Gasteiger partial charge in [0, 0.05) is 18.8 Å². The lowest BCUT2D eigenvalue weighted by atomic mass is 10.2. The maximum atomic E-state index is 11.7. The zero-order chi connectivity index (χ0) is 11.3. The molecular formula is C10H14N2O2S. The van der Waals surface area contributed by atoms with E-state index in [1.165, 1.54) is 0 Å². The van der Waals surface area contributed by atoms with E-state index in [9.17, 15) is 4.79 Å². The van der Waals surface area contributed by atoms with Gasteiger partial charge >= 0.3 is 0 Å². The summed E-state index contributed by atoms with van der Waals surface area (Å²) in [7, 11) is 0. The van der Waals surface area contributed by atoms with Gasteiger partial charge in [0.2, 0.25) is 0 Å². The number of aromatic nitrogens is 1. The number of carbonyl (C=O) groups excluding carboxylic acids is 1. The smallest absolute Gasteiger partial charge is 0.254 e. The van der Waals surface area contributed by atoms with Crippen LogP contribution in [0.25, 0.3) is 0 Å². The van der Waals surface area contributed by atoms with Crippen molar-refractivity contribution in [1.29, 1.82) is 0 Å². The Balaban J connectivity index is 2.70. The molecule has 0 saturated heterocycles. The first-order valence-electron chi connectivity index (χ1n) is 4.74. The molecule has 1 heterocycles. The summed E-state index contributed by atoms with van der Waals surface area (Å²) in [5.74, 6) is -0.210. The molecule has 0 aliphatic heterocycles. The number of hydrogen-bond donors (Lipinski definition) is 3. The van der Waals surface area contributed by atoms with Gasteiger partial charge in [0.1, 0.15) is 4.64 Å².